The molecule has 0 saturated carbocycles. The Morgan fingerprint density at radius 1 is 1.27 bits per heavy atom. The van der Waals surface area contributed by atoms with Crippen molar-refractivity contribution in [3.8, 4) is 0 Å². The van der Waals surface area contributed by atoms with Crippen molar-refractivity contribution in [2.24, 2.45) is 0 Å². The van der Waals surface area contributed by atoms with Crippen LogP contribution in [0.15, 0.2) is 40.1 Å². The zero-order chi connectivity index (χ0) is 11.7. The molecule has 0 aromatic heterocycles. The molecular formula is C14H22S. The summed E-state index contributed by atoms with van der Waals surface area (Å²) < 4.78 is 0. The lowest BCUT2D eigenvalue weighted by molar-refractivity contribution is 1.21. The van der Waals surface area contributed by atoms with Gasteiger partial charge < -0.3 is 0 Å². The molecule has 0 unspecified atom stereocenters. The lowest BCUT2D eigenvalue weighted by atomic mass is 10.2. The van der Waals surface area contributed by atoms with Gasteiger partial charge in [0.05, 0.1) is 0 Å². The topological polar surface area (TPSA) is 0 Å². The Bertz CT molecular complexity index is 300. The summed E-state index contributed by atoms with van der Waals surface area (Å²) in [5.74, 6) is 0. The molecule has 84 valence electrons. The van der Waals surface area contributed by atoms with Crippen LogP contribution in [0.5, 0.6) is 0 Å². The summed E-state index contributed by atoms with van der Waals surface area (Å²) in [7, 11) is 0. The van der Waals surface area contributed by atoms with Crippen molar-refractivity contribution in [3.05, 3.63) is 40.8 Å². The first kappa shape index (κ1) is 14.3. The molecular weight excluding hydrogens is 200 g/mol. The standard InChI is InChI=1S/C12H16S.C2H6/c1-4-7-11(3)13-12-9-6-5-8-10(12)2;1-2/h5-9H,4H2,1-3H3;1-2H3/b11-7+;. The average Bonchev–Trinajstić information content (AvgIpc) is 2.25. The second-order valence-electron chi connectivity index (χ2n) is 3.09. The minimum atomic E-state index is 1.12. The van der Waals surface area contributed by atoms with Crippen molar-refractivity contribution in [1.29, 1.82) is 0 Å². The molecule has 0 nitrogen and oxygen atoms in total. The van der Waals surface area contributed by atoms with E-state index in [9.17, 15) is 0 Å². The Labute approximate surface area is 98.8 Å². The van der Waals surface area contributed by atoms with Crippen molar-refractivity contribution in [2.45, 2.75) is 45.9 Å². The molecule has 1 aromatic carbocycles. The minimum Gasteiger partial charge on any atom is -0.0949 e. The van der Waals surface area contributed by atoms with Crippen LogP contribution in [-0.4, -0.2) is 0 Å². The molecule has 1 heteroatoms. The fourth-order valence-corrected chi connectivity index (χ4v) is 2.15. The molecule has 1 rings (SSSR count). The van der Waals surface area contributed by atoms with Gasteiger partial charge in [-0.2, -0.15) is 0 Å². The molecule has 0 radical (unpaired) electrons. The predicted molar refractivity (Wildman–Crippen MR) is 72.4 cm³/mol. The van der Waals surface area contributed by atoms with E-state index in [1.807, 2.05) is 25.6 Å². The highest BCUT2D eigenvalue weighted by Gasteiger charge is 1.97. The Balaban J connectivity index is 0.000000921. The summed E-state index contributed by atoms with van der Waals surface area (Å²) in [6.45, 7) is 10.5. The van der Waals surface area contributed by atoms with E-state index >= 15 is 0 Å². The van der Waals surface area contributed by atoms with E-state index in [0.29, 0.717) is 0 Å². The van der Waals surface area contributed by atoms with Crippen LogP contribution in [0.2, 0.25) is 0 Å². The van der Waals surface area contributed by atoms with Gasteiger partial charge >= 0.3 is 0 Å². The first-order valence-electron chi connectivity index (χ1n) is 5.64. The summed E-state index contributed by atoms with van der Waals surface area (Å²) in [6.07, 6.45) is 3.38. The number of aryl methyl sites for hydroxylation is 1. The van der Waals surface area contributed by atoms with E-state index in [1.54, 1.807) is 0 Å². The fourth-order valence-electron chi connectivity index (χ4n) is 1.17. The monoisotopic (exact) mass is 222 g/mol. The van der Waals surface area contributed by atoms with Gasteiger partial charge in [0.1, 0.15) is 0 Å². The van der Waals surface area contributed by atoms with E-state index in [0.717, 1.165) is 6.42 Å². The van der Waals surface area contributed by atoms with Gasteiger partial charge in [-0.05, 0) is 36.8 Å². The Hall–Kier alpha value is -0.690. The van der Waals surface area contributed by atoms with Crippen LogP contribution in [-0.2, 0) is 0 Å². The molecule has 0 fully saturated rings. The van der Waals surface area contributed by atoms with E-state index in [1.165, 1.54) is 15.4 Å². The van der Waals surface area contributed by atoms with Crippen LogP contribution in [0.1, 0.15) is 39.7 Å². The van der Waals surface area contributed by atoms with Crippen molar-refractivity contribution >= 4 is 11.8 Å². The second-order valence-corrected chi connectivity index (χ2v) is 4.38. The summed E-state index contributed by atoms with van der Waals surface area (Å²) in [5.41, 5.74) is 1.36. The highest BCUT2D eigenvalue weighted by atomic mass is 32.2. The van der Waals surface area contributed by atoms with E-state index in [-0.39, 0.29) is 0 Å². The van der Waals surface area contributed by atoms with Crippen molar-refractivity contribution in [3.63, 3.8) is 0 Å². The van der Waals surface area contributed by atoms with Gasteiger partial charge in [-0.15, -0.1) is 0 Å². The van der Waals surface area contributed by atoms with Crippen LogP contribution >= 0.6 is 11.8 Å². The SMILES string of the molecule is CC.CC/C=C(\C)Sc1ccccc1C. The number of allylic oxidation sites excluding steroid dienone is 2. The molecule has 0 spiro atoms. The van der Waals surface area contributed by atoms with Gasteiger partial charge in [-0.3, -0.25) is 0 Å². The summed E-state index contributed by atoms with van der Waals surface area (Å²) in [6, 6.07) is 8.50. The second kappa shape index (κ2) is 8.60. The zero-order valence-corrected chi connectivity index (χ0v) is 11.3. The van der Waals surface area contributed by atoms with Crippen molar-refractivity contribution < 1.29 is 0 Å². The first-order valence-corrected chi connectivity index (χ1v) is 6.46. The molecule has 0 aliphatic rings. The Morgan fingerprint density at radius 2 is 1.87 bits per heavy atom. The number of benzene rings is 1. The van der Waals surface area contributed by atoms with Crippen LogP contribution in [0.3, 0.4) is 0 Å². The maximum absolute atomic E-state index is 2.26. The highest BCUT2D eigenvalue weighted by molar-refractivity contribution is 8.03. The number of rotatable bonds is 3. The molecule has 15 heavy (non-hydrogen) atoms. The number of hydrogen-bond acceptors (Lipinski definition) is 1. The Morgan fingerprint density at radius 3 is 2.40 bits per heavy atom. The maximum atomic E-state index is 2.26. The summed E-state index contributed by atoms with van der Waals surface area (Å²) in [4.78, 5) is 2.75. The summed E-state index contributed by atoms with van der Waals surface area (Å²) in [5, 5.41) is 0. The van der Waals surface area contributed by atoms with Gasteiger partial charge in [-0.1, -0.05) is 56.8 Å². The maximum Gasteiger partial charge on any atom is 0.0148 e. The highest BCUT2D eigenvalue weighted by Crippen LogP contribution is 2.28. The lowest BCUT2D eigenvalue weighted by Gasteiger charge is -2.04. The fraction of sp³-hybridized carbons (Fsp3) is 0.429. The van der Waals surface area contributed by atoms with Crippen LogP contribution in [0, 0.1) is 6.92 Å². The van der Waals surface area contributed by atoms with E-state index in [4.69, 9.17) is 0 Å². The van der Waals surface area contributed by atoms with E-state index < -0.39 is 0 Å². The molecule has 0 aliphatic heterocycles. The van der Waals surface area contributed by atoms with Gasteiger partial charge in [0.2, 0.25) is 0 Å². The van der Waals surface area contributed by atoms with Gasteiger partial charge in [-0.25, -0.2) is 0 Å². The van der Waals surface area contributed by atoms with Gasteiger partial charge in [0.15, 0.2) is 0 Å². The van der Waals surface area contributed by atoms with Crippen molar-refractivity contribution in [1.82, 2.24) is 0 Å². The van der Waals surface area contributed by atoms with Gasteiger partial charge in [0, 0.05) is 4.90 Å². The average molecular weight is 222 g/mol. The normalized spacial score (nSPS) is 10.6. The third kappa shape index (κ3) is 5.68. The third-order valence-electron chi connectivity index (χ3n) is 1.86. The van der Waals surface area contributed by atoms with E-state index in [2.05, 4.69) is 51.1 Å². The van der Waals surface area contributed by atoms with Crippen LogP contribution in [0.25, 0.3) is 0 Å². The quantitative estimate of drug-likeness (QED) is 0.615. The third-order valence-corrected chi connectivity index (χ3v) is 3.02. The largest absolute Gasteiger partial charge is 0.0949 e. The zero-order valence-electron chi connectivity index (χ0n) is 10.5. The molecule has 0 amide bonds. The van der Waals surface area contributed by atoms with Gasteiger partial charge in [0.25, 0.3) is 0 Å². The molecule has 0 bridgehead atoms. The Kier molecular flexibility index (Phi) is 8.21. The number of thioether (sulfide) groups is 1. The molecule has 1 aromatic rings. The molecule has 0 N–H and O–H groups in total. The minimum absolute atomic E-state index is 1.12. The molecule has 0 heterocycles. The summed E-state index contributed by atoms with van der Waals surface area (Å²) >= 11 is 1.86. The lowest BCUT2D eigenvalue weighted by Crippen LogP contribution is -1.77. The van der Waals surface area contributed by atoms with Crippen molar-refractivity contribution in [2.75, 3.05) is 0 Å². The first-order chi connectivity index (χ1) is 7.24. The molecule has 0 atom stereocenters. The number of hydrogen-bond donors (Lipinski definition) is 0. The molecule has 0 saturated heterocycles. The molecule has 0 aliphatic carbocycles. The smallest absolute Gasteiger partial charge is 0.0148 e. The van der Waals surface area contributed by atoms with Crippen LogP contribution in [0.4, 0.5) is 0 Å². The predicted octanol–water partition coefficient (Wildman–Crippen LogP) is 5.43. The van der Waals surface area contributed by atoms with Crippen LogP contribution < -0.4 is 0 Å².